The van der Waals surface area contributed by atoms with Gasteiger partial charge in [0.2, 0.25) is 5.91 Å². The van der Waals surface area contributed by atoms with Crippen LogP contribution < -0.4 is 0 Å². The van der Waals surface area contributed by atoms with Crippen LogP contribution in [-0.2, 0) is 14.3 Å². The summed E-state index contributed by atoms with van der Waals surface area (Å²) >= 11 is 0. The maximum absolute atomic E-state index is 12.3. The molecule has 4 nitrogen and oxygen atoms in total. The smallest absolute Gasteiger partial charge is 0.314 e. The van der Waals surface area contributed by atoms with E-state index in [9.17, 15) is 9.59 Å². The first-order valence-corrected chi connectivity index (χ1v) is 6.44. The van der Waals surface area contributed by atoms with E-state index >= 15 is 0 Å². The molecule has 0 N–H and O–H groups in total. The number of nitrogens with zero attached hydrogens (tertiary/aromatic N) is 1. The first-order valence-electron chi connectivity index (χ1n) is 6.44. The largest absolute Gasteiger partial charge is 0.469 e. The van der Waals surface area contributed by atoms with Gasteiger partial charge in [0, 0.05) is 7.05 Å². The van der Waals surface area contributed by atoms with Crippen LogP contribution in [0.2, 0.25) is 0 Å². The van der Waals surface area contributed by atoms with Crippen molar-refractivity contribution in [3.8, 4) is 0 Å². The van der Waals surface area contributed by atoms with Crippen LogP contribution in [0, 0.1) is 5.41 Å². The predicted molar refractivity (Wildman–Crippen MR) is 69.4 cm³/mol. The van der Waals surface area contributed by atoms with Gasteiger partial charge in [0.1, 0.15) is 0 Å². The Balaban J connectivity index is 2.20. The molecule has 4 rings (SSSR count). The van der Waals surface area contributed by atoms with Crippen molar-refractivity contribution >= 4 is 11.9 Å². The quantitative estimate of drug-likeness (QED) is 0.723. The van der Waals surface area contributed by atoms with Crippen LogP contribution >= 0.6 is 0 Å². The summed E-state index contributed by atoms with van der Waals surface area (Å²) in [7, 11) is 3.18. The van der Waals surface area contributed by atoms with Crippen molar-refractivity contribution in [1.29, 1.82) is 0 Å². The Bertz CT molecular complexity index is 568. The van der Waals surface area contributed by atoms with Crippen molar-refractivity contribution in [1.82, 2.24) is 4.90 Å². The van der Waals surface area contributed by atoms with Gasteiger partial charge in [-0.05, 0) is 24.5 Å². The average Bonchev–Trinajstić information content (AvgIpc) is 2.42. The molecule has 2 heterocycles. The number of hydrogen-bond donors (Lipinski definition) is 0. The second-order valence-electron chi connectivity index (χ2n) is 5.65. The lowest BCUT2D eigenvalue weighted by atomic mass is 9.61. The van der Waals surface area contributed by atoms with Crippen molar-refractivity contribution < 1.29 is 14.3 Å². The zero-order chi connectivity index (χ0) is 13.8. The minimum absolute atomic E-state index is 0.102. The molecule has 3 atom stereocenters. The SMILES string of the molecule is COC(=O)[C@]1(C)C[C@@H]2C(=O)N(C)C1c1ccccc12. The molecule has 1 aromatic carbocycles. The highest BCUT2D eigenvalue weighted by molar-refractivity contribution is 5.92. The number of esters is 1. The molecule has 4 heteroatoms. The molecule has 3 aliphatic rings. The van der Waals surface area contributed by atoms with Crippen LogP contribution in [0.25, 0.3) is 0 Å². The molecule has 0 spiro atoms. The third-order valence-corrected chi connectivity index (χ3v) is 4.58. The van der Waals surface area contributed by atoms with E-state index in [1.165, 1.54) is 7.11 Å². The molecule has 2 aliphatic heterocycles. The van der Waals surface area contributed by atoms with E-state index in [-0.39, 0.29) is 23.8 Å². The van der Waals surface area contributed by atoms with E-state index in [1.54, 1.807) is 11.9 Å². The Labute approximate surface area is 112 Å². The van der Waals surface area contributed by atoms with Gasteiger partial charge in [0.05, 0.1) is 24.5 Å². The Morgan fingerprint density at radius 2 is 2.00 bits per heavy atom. The van der Waals surface area contributed by atoms with Crippen LogP contribution in [0.3, 0.4) is 0 Å². The molecule has 2 bridgehead atoms. The van der Waals surface area contributed by atoms with E-state index in [1.807, 2.05) is 31.2 Å². The number of carbonyl (C=O) groups is 2. The van der Waals surface area contributed by atoms with Gasteiger partial charge in [-0.1, -0.05) is 24.3 Å². The maximum Gasteiger partial charge on any atom is 0.314 e. The van der Waals surface area contributed by atoms with E-state index in [4.69, 9.17) is 4.74 Å². The minimum Gasteiger partial charge on any atom is -0.469 e. The molecule has 100 valence electrons. The summed E-state index contributed by atoms with van der Waals surface area (Å²) < 4.78 is 4.97. The van der Waals surface area contributed by atoms with Crippen LogP contribution in [0.15, 0.2) is 24.3 Å². The van der Waals surface area contributed by atoms with Crippen molar-refractivity contribution in [3.63, 3.8) is 0 Å². The topological polar surface area (TPSA) is 46.6 Å². The number of rotatable bonds is 1. The van der Waals surface area contributed by atoms with Crippen molar-refractivity contribution in [2.45, 2.75) is 25.3 Å². The van der Waals surface area contributed by atoms with Gasteiger partial charge in [-0.15, -0.1) is 0 Å². The summed E-state index contributed by atoms with van der Waals surface area (Å²) in [6.45, 7) is 1.90. The summed E-state index contributed by atoms with van der Waals surface area (Å²) in [5.74, 6) is -0.364. The number of fused-ring (bicyclic) bond motifs is 2. The van der Waals surface area contributed by atoms with Gasteiger partial charge in [-0.3, -0.25) is 9.59 Å². The predicted octanol–water partition coefficient (Wildman–Crippen LogP) is 1.87. The number of amides is 1. The Hall–Kier alpha value is -1.84. The molecule has 1 aromatic rings. The van der Waals surface area contributed by atoms with Crippen molar-refractivity contribution in [2.24, 2.45) is 5.41 Å². The zero-order valence-electron chi connectivity index (χ0n) is 11.3. The summed E-state index contributed by atoms with van der Waals surface area (Å²) in [5, 5.41) is 0. The highest BCUT2D eigenvalue weighted by Gasteiger charge is 2.58. The molecule has 1 unspecified atom stereocenters. The third-order valence-electron chi connectivity index (χ3n) is 4.58. The average molecular weight is 259 g/mol. The van der Waals surface area contributed by atoms with Gasteiger partial charge in [-0.2, -0.15) is 0 Å². The molecular formula is C15H17NO3. The van der Waals surface area contributed by atoms with Gasteiger partial charge in [-0.25, -0.2) is 0 Å². The Morgan fingerprint density at radius 1 is 1.37 bits per heavy atom. The molecule has 1 aliphatic carbocycles. The highest BCUT2D eigenvalue weighted by Crippen LogP contribution is 2.56. The monoisotopic (exact) mass is 259 g/mol. The van der Waals surface area contributed by atoms with Crippen LogP contribution in [0.5, 0.6) is 0 Å². The highest BCUT2D eigenvalue weighted by atomic mass is 16.5. The number of ether oxygens (including phenoxy) is 1. The van der Waals surface area contributed by atoms with Crippen LogP contribution in [0.4, 0.5) is 0 Å². The summed E-state index contributed by atoms with van der Waals surface area (Å²) in [6, 6.07) is 7.68. The number of piperidine rings is 1. The molecular weight excluding hydrogens is 242 g/mol. The van der Waals surface area contributed by atoms with Crippen LogP contribution in [-0.4, -0.2) is 30.9 Å². The molecule has 0 saturated carbocycles. The molecule has 19 heavy (non-hydrogen) atoms. The second-order valence-corrected chi connectivity index (χ2v) is 5.65. The first kappa shape index (κ1) is 12.2. The van der Waals surface area contributed by atoms with E-state index < -0.39 is 5.41 Å². The zero-order valence-corrected chi connectivity index (χ0v) is 11.3. The van der Waals surface area contributed by atoms with E-state index in [0.29, 0.717) is 6.42 Å². The maximum atomic E-state index is 12.3. The summed E-state index contributed by atoms with van der Waals surface area (Å²) in [4.78, 5) is 26.2. The molecule has 0 aromatic heterocycles. The fourth-order valence-corrected chi connectivity index (χ4v) is 3.72. The molecule has 1 amide bonds. The lowest BCUT2D eigenvalue weighted by molar-refractivity contribution is -0.167. The number of hydrogen-bond acceptors (Lipinski definition) is 3. The standard InChI is InChI=1S/C15H17NO3/c1-15(14(18)19-3)8-11-9-6-4-5-7-10(9)12(15)16(2)13(11)17/h4-7,11-12H,8H2,1-3H3/t11-,12?,15+/m0/s1. The summed E-state index contributed by atoms with van der Waals surface area (Å²) in [5.41, 5.74) is 1.49. The van der Waals surface area contributed by atoms with Gasteiger partial charge in [0.15, 0.2) is 0 Å². The fourth-order valence-electron chi connectivity index (χ4n) is 3.72. The number of methoxy groups -OCH3 is 1. The van der Waals surface area contributed by atoms with Gasteiger partial charge < -0.3 is 9.64 Å². The van der Waals surface area contributed by atoms with Gasteiger partial charge in [0.25, 0.3) is 0 Å². The van der Waals surface area contributed by atoms with Crippen molar-refractivity contribution in [3.05, 3.63) is 35.4 Å². The summed E-state index contributed by atoms with van der Waals surface area (Å²) in [6.07, 6.45) is 0.532. The fraction of sp³-hybridized carbons (Fsp3) is 0.467. The van der Waals surface area contributed by atoms with E-state index in [0.717, 1.165) is 11.1 Å². The lowest BCUT2D eigenvalue weighted by Gasteiger charge is -2.52. The normalized spacial score (nSPS) is 32.2. The number of benzene rings is 1. The Kier molecular flexibility index (Phi) is 2.46. The third kappa shape index (κ3) is 1.40. The van der Waals surface area contributed by atoms with E-state index in [2.05, 4.69) is 0 Å². The molecule has 0 radical (unpaired) electrons. The molecule has 1 saturated heterocycles. The molecule has 1 fully saturated rings. The Morgan fingerprint density at radius 3 is 2.63 bits per heavy atom. The van der Waals surface area contributed by atoms with Crippen LogP contribution in [0.1, 0.15) is 36.4 Å². The minimum atomic E-state index is -0.656. The lowest BCUT2D eigenvalue weighted by Crippen LogP contribution is -2.56. The first-order chi connectivity index (χ1) is 9.00. The van der Waals surface area contributed by atoms with Crippen molar-refractivity contribution in [2.75, 3.05) is 14.2 Å². The number of carbonyl (C=O) groups excluding carboxylic acids is 2. The second kappa shape index (κ2) is 3.83. The number of likely N-dealkylation sites (N-methyl/N-ethyl adjacent to an activating group) is 1. The van der Waals surface area contributed by atoms with Gasteiger partial charge >= 0.3 is 5.97 Å².